The minimum Gasteiger partial charge on any atom is -0.372 e. The van der Waals surface area contributed by atoms with Crippen LogP contribution >= 0.6 is 0 Å². The van der Waals surface area contributed by atoms with Crippen LogP contribution in [-0.4, -0.2) is 25.8 Å². The quantitative estimate of drug-likeness (QED) is 0.551. The van der Waals surface area contributed by atoms with Gasteiger partial charge in [0.25, 0.3) is 0 Å². The first-order chi connectivity index (χ1) is 4.98. The Kier molecular flexibility index (Phi) is 2.10. The molecule has 64 valence electrons. The van der Waals surface area contributed by atoms with E-state index in [9.17, 15) is 4.79 Å². The number of rotatable bonds is 1. The lowest BCUT2D eigenvalue weighted by Gasteiger charge is -2.49. The van der Waals surface area contributed by atoms with E-state index >= 15 is 0 Å². The fourth-order valence-corrected chi connectivity index (χ4v) is 5.13. The SMILES string of the molecule is CC(=O)N(C)[Si]1(C)CCC1C. The van der Waals surface area contributed by atoms with Gasteiger partial charge in [-0.3, -0.25) is 4.79 Å². The van der Waals surface area contributed by atoms with Gasteiger partial charge in [-0.05, 0) is 11.6 Å². The van der Waals surface area contributed by atoms with E-state index in [4.69, 9.17) is 0 Å². The van der Waals surface area contributed by atoms with E-state index in [1.165, 1.54) is 12.5 Å². The summed E-state index contributed by atoms with van der Waals surface area (Å²) in [4.78, 5) is 11.1. The second kappa shape index (κ2) is 2.63. The molecule has 0 spiro atoms. The Balaban J connectivity index is 2.65. The summed E-state index contributed by atoms with van der Waals surface area (Å²) in [6, 6.07) is 1.30. The summed E-state index contributed by atoms with van der Waals surface area (Å²) < 4.78 is 2.02. The van der Waals surface area contributed by atoms with Crippen LogP contribution in [0.4, 0.5) is 0 Å². The van der Waals surface area contributed by atoms with E-state index in [1.807, 2.05) is 11.6 Å². The second-order valence-electron chi connectivity index (χ2n) is 3.87. The van der Waals surface area contributed by atoms with Crippen molar-refractivity contribution in [2.24, 2.45) is 0 Å². The summed E-state index contributed by atoms with van der Waals surface area (Å²) in [5, 5.41) is 0. The lowest BCUT2D eigenvalue weighted by atomic mass is 10.3. The summed E-state index contributed by atoms with van der Waals surface area (Å²) in [6.07, 6.45) is 1.32. The van der Waals surface area contributed by atoms with Gasteiger partial charge in [-0.15, -0.1) is 0 Å². The highest BCUT2D eigenvalue weighted by atomic mass is 28.3. The van der Waals surface area contributed by atoms with Crippen molar-refractivity contribution in [1.82, 2.24) is 4.57 Å². The molecule has 2 unspecified atom stereocenters. The molecule has 3 heteroatoms. The Labute approximate surface area is 69.7 Å². The van der Waals surface area contributed by atoms with Gasteiger partial charge in [-0.25, -0.2) is 0 Å². The van der Waals surface area contributed by atoms with Crippen LogP contribution in [0.25, 0.3) is 0 Å². The number of hydrogen-bond acceptors (Lipinski definition) is 1. The fraction of sp³-hybridized carbons (Fsp3) is 0.875. The summed E-state index contributed by atoms with van der Waals surface area (Å²) in [5.41, 5.74) is 0.802. The number of carbonyl (C=O) groups is 1. The molecule has 1 aliphatic heterocycles. The second-order valence-corrected chi connectivity index (χ2v) is 8.75. The number of carbonyl (C=O) groups excluding carboxylic acids is 1. The number of nitrogens with zero attached hydrogens (tertiary/aromatic N) is 1. The van der Waals surface area contributed by atoms with E-state index < -0.39 is 8.24 Å². The first-order valence-corrected chi connectivity index (χ1v) is 6.96. The Morgan fingerprint density at radius 2 is 2.18 bits per heavy atom. The van der Waals surface area contributed by atoms with Gasteiger partial charge in [-0.2, -0.15) is 0 Å². The van der Waals surface area contributed by atoms with Crippen molar-refractivity contribution in [2.75, 3.05) is 7.05 Å². The predicted octanol–water partition coefficient (Wildman–Crippen LogP) is 1.83. The van der Waals surface area contributed by atoms with Crippen molar-refractivity contribution in [1.29, 1.82) is 0 Å². The van der Waals surface area contributed by atoms with Crippen LogP contribution in [0.15, 0.2) is 0 Å². The zero-order chi connectivity index (χ0) is 8.65. The Morgan fingerprint density at radius 1 is 1.64 bits per heavy atom. The lowest BCUT2D eigenvalue weighted by Crippen LogP contribution is -2.59. The maximum Gasteiger partial charge on any atom is 0.211 e. The zero-order valence-corrected chi connectivity index (χ0v) is 8.85. The average molecular weight is 171 g/mol. The topological polar surface area (TPSA) is 20.3 Å². The Morgan fingerprint density at radius 3 is 2.27 bits per heavy atom. The molecule has 0 bridgehead atoms. The highest BCUT2D eigenvalue weighted by molar-refractivity contribution is 6.81. The molecule has 0 N–H and O–H groups in total. The smallest absolute Gasteiger partial charge is 0.211 e. The van der Waals surface area contributed by atoms with Gasteiger partial charge in [0.2, 0.25) is 5.91 Å². The van der Waals surface area contributed by atoms with Gasteiger partial charge in [0, 0.05) is 14.0 Å². The molecule has 11 heavy (non-hydrogen) atoms. The van der Waals surface area contributed by atoms with E-state index in [2.05, 4.69) is 13.5 Å². The van der Waals surface area contributed by atoms with Crippen LogP contribution in [0.3, 0.4) is 0 Å². The van der Waals surface area contributed by atoms with Crippen LogP contribution in [0, 0.1) is 0 Å². The maximum atomic E-state index is 11.1. The number of amides is 1. The summed E-state index contributed by atoms with van der Waals surface area (Å²) in [7, 11) is 0.680. The van der Waals surface area contributed by atoms with Crippen LogP contribution in [0.2, 0.25) is 18.1 Å². The monoisotopic (exact) mass is 171 g/mol. The molecule has 1 fully saturated rings. The minimum atomic E-state index is -1.28. The van der Waals surface area contributed by atoms with Crippen molar-refractivity contribution in [3.63, 3.8) is 0 Å². The highest BCUT2D eigenvalue weighted by Gasteiger charge is 2.46. The molecular weight excluding hydrogens is 154 g/mol. The highest BCUT2D eigenvalue weighted by Crippen LogP contribution is 2.43. The van der Waals surface area contributed by atoms with E-state index in [-0.39, 0.29) is 5.91 Å². The van der Waals surface area contributed by atoms with Crippen LogP contribution in [0.1, 0.15) is 20.3 Å². The van der Waals surface area contributed by atoms with Gasteiger partial charge in [-0.1, -0.05) is 19.9 Å². The molecular formula is C8H17NOSi. The van der Waals surface area contributed by atoms with Gasteiger partial charge >= 0.3 is 0 Å². The Bertz CT molecular complexity index is 183. The third-order valence-corrected chi connectivity index (χ3v) is 8.94. The maximum absolute atomic E-state index is 11.1. The normalized spacial score (nSPS) is 36.2. The molecule has 0 aromatic rings. The molecule has 0 radical (unpaired) electrons. The van der Waals surface area contributed by atoms with Crippen molar-refractivity contribution in [3.05, 3.63) is 0 Å². The summed E-state index contributed by atoms with van der Waals surface area (Å²) >= 11 is 0. The molecule has 1 saturated heterocycles. The van der Waals surface area contributed by atoms with Crippen molar-refractivity contribution in [3.8, 4) is 0 Å². The van der Waals surface area contributed by atoms with Gasteiger partial charge < -0.3 is 4.57 Å². The van der Waals surface area contributed by atoms with Gasteiger partial charge in [0.1, 0.15) is 0 Å². The zero-order valence-electron chi connectivity index (χ0n) is 7.85. The molecule has 0 aliphatic carbocycles. The number of hydrogen-bond donors (Lipinski definition) is 0. The molecule has 1 heterocycles. The molecule has 0 aromatic heterocycles. The van der Waals surface area contributed by atoms with Crippen molar-refractivity contribution >= 4 is 14.1 Å². The third kappa shape index (κ3) is 1.22. The van der Waals surface area contributed by atoms with Gasteiger partial charge in [0.15, 0.2) is 8.24 Å². The van der Waals surface area contributed by atoms with Crippen molar-refractivity contribution < 1.29 is 4.79 Å². The minimum absolute atomic E-state index is 0.241. The van der Waals surface area contributed by atoms with Crippen LogP contribution in [0.5, 0.6) is 0 Å². The largest absolute Gasteiger partial charge is 0.372 e. The first kappa shape index (κ1) is 8.78. The predicted molar refractivity (Wildman–Crippen MR) is 48.9 cm³/mol. The Hall–Kier alpha value is -0.313. The fourth-order valence-electron chi connectivity index (χ4n) is 1.71. The average Bonchev–Trinajstić information content (AvgIpc) is 1.98. The first-order valence-electron chi connectivity index (χ1n) is 4.23. The van der Waals surface area contributed by atoms with Crippen LogP contribution in [-0.2, 0) is 4.79 Å². The third-order valence-electron chi connectivity index (χ3n) is 3.38. The summed E-state index contributed by atoms with van der Waals surface area (Å²) in [6.45, 7) is 6.25. The molecule has 0 aromatic carbocycles. The molecule has 2 nitrogen and oxygen atoms in total. The van der Waals surface area contributed by atoms with E-state index in [0.717, 1.165) is 5.54 Å². The molecule has 1 aliphatic rings. The standard InChI is InChI=1S/C8H17NOSi/c1-7-5-6-11(7,4)9(3)8(2)10/h7H,5-6H2,1-4H3. The molecule has 0 saturated carbocycles. The van der Waals surface area contributed by atoms with Crippen LogP contribution < -0.4 is 0 Å². The lowest BCUT2D eigenvalue weighted by molar-refractivity contribution is -0.124. The van der Waals surface area contributed by atoms with E-state index in [1.54, 1.807) is 6.92 Å². The van der Waals surface area contributed by atoms with Gasteiger partial charge in [0.05, 0.1) is 0 Å². The molecule has 2 atom stereocenters. The van der Waals surface area contributed by atoms with E-state index in [0.29, 0.717) is 0 Å². The molecule has 1 rings (SSSR count). The molecule has 1 amide bonds. The summed E-state index contributed by atoms with van der Waals surface area (Å²) in [5.74, 6) is 0.241. The van der Waals surface area contributed by atoms with Crippen molar-refractivity contribution in [2.45, 2.75) is 38.4 Å².